The van der Waals surface area contributed by atoms with E-state index in [9.17, 15) is 14.4 Å². The molecule has 0 bridgehead atoms. The third-order valence-corrected chi connectivity index (χ3v) is 2.67. The molecule has 120 valence electrons. The second kappa shape index (κ2) is 6.93. The van der Waals surface area contributed by atoms with Crippen molar-refractivity contribution in [2.45, 2.75) is 26.4 Å². The summed E-state index contributed by atoms with van der Waals surface area (Å²) in [5.74, 6) is -0.929. The van der Waals surface area contributed by atoms with Gasteiger partial charge in [-0.25, -0.2) is 4.79 Å². The Bertz CT molecular complexity index is 578. The van der Waals surface area contributed by atoms with Crippen LogP contribution in [0.2, 0.25) is 0 Å². The highest BCUT2D eigenvalue weighted by atomic mass is 16.6. The fourth-order valence-corrected chi connectivity index (χ4v) is 1.59. The zero-order valence-electron chi connectivity index (χ0n) is 13.2. The molecular weight excluding hydrogens is 286 g/mol. The number of primary amides is 1. The SMILES string of the molecule is CN(C(=O)CNC(=O)OC(C)(C)C)c1cccc(C(N)=O)c1. The number of carbonyl (C=O) groups excluding carboxylic acids is 3. The summed E-state index contributed by atoms with van der Waals surface area (Å²) in [6.45, 7) is 4.98. The van der Waals surface area contributed by atoms with Crippen LogP contribution in [0.3, 0.4) is 0 Å². The number of ether oxygens (including phenoxy) is 1. The lowest BCUT2D eigenvalue weighted by atomic mass is 10.2. The lowest BCUT2D eigenvalue weighted by molar-refractivity contribution is -0.117. The Labute approximate surface area is 129 Å². The van der Waals surface area contributed by atoms with Crippen LogP contribution in [0.25, 0.3) is 0 Å². The molecule has 0 aliphatic carbocycles. The molecule has 3 N–H and O–H groups in total. The number of likely N-dealkylation sites (N-methyl/N-ethyl adjacent to an activating group) is 1. The fraction of sp³-hybridized carbons (Fsp3) is 0.400. The molecule has 7 heteroatoms. The van der Waals surface area contributed by atoms with Crippen LogP contribution in [-0.2, 0) is 9.53 Å². The van der Waals surface area contributed by atoms with Gasteiger partial charge in [0.25, 0.3) is 0 Å². The van der Waals surface area contributed by atoms with Gasteiger partial charge in [0.2, 0.25) is 11.8 Å². The normalized spacial score (nSPS) is 10.7. The number of nitrogens with one attached hydrogen (secondary N) is 1. The molecule has 0 unspecified atom stereocenters. The highest BCUT2D eigenvalue weighted by Gasteiger charge is 2.18. The number of benzene rings is 1. The van der Waals surface area contributed by atoms with E-state index in [1.807, 2.05) is 0 Å². The molecule has 0 fully saturated rings. The molecule has 0 atom stereocenters. The Balaban J connectivity index is 2.64. The molecule has 0 spiro atoms. The van der Waals surface area contributed by atoms with Crippen molar-refractivity contribution >= 4 is 23.6 Å². The van der Waals surface area contributed by atoms with E-state index in [-0.39, 0.29) is 12.5 Å². The maximum atomic E-state index is 12.0. The number of nitrogens with zero attached hydrogens (tertiary/aromatic N) is 1. The number of hydrogen-bond donors (Lipinski definition) is 2. The van der Waals surface area contributed by atoms with Crippen molar-refractivity contribution < 1.29 is 19.1 Å². The molecule has 7 nitrogen and oxygen atoms in total. The van der Waals surface area contributed by atoms with Gasteiger partial charge in [0.1, 0.15) is 12.1 Å². The molecule has 0 aliphatic rings. The van der Waals surface area contributed by atoms with Gasteiger partial charge in [-0.3, -0.25) is 9.59 Å². The number of hydrogen-bond acceptors (Lipinski definition) is 4. The van der Waals surface area contributed by atoms with Gasteiger partial charge in [0.15, 0.2) is 0 Å². The molecular formula is C15H21N3O4. The Morgan fingerprint density at radius 3 is 2.45 bits per heavy atom. The van der Waals surface area contributed by atoms with Crippen molar-refractivity contribution in [1.29, 1.82) is 0 Å². The van der Waals surface area contributed by atoms with Crippen LogP contribution in [0.4, 0.5) is 10.5 Å². The third kappa shape index (κ3) is 5.43. The van der Waals surface area contributed by atoms with Crippen LogP contribution >= 0.6 is 0 Å². The number of alkyl carbamates (subject to hydrolysis) is 1. The van der Waals surface area contributed by atoms with Crippen LogP contribution in [0.15, 0.2) is 24.3 Å². The summed E-state index contributed by atoms with van der Waals surface area (Å²) in [5.41, 5.74) is 5.38. The molecule has 0 saturated carbocycles. The predicted octanol–water partition coefficient (Wildman–Crippen LogP) is 1.27. The quantitative estimate of drug-likeness (QED) is 0.874. The van der Waals surface area contributed by atoms with Crippen molar-refractivity contribution in [3.05, 3.63) is 29.8 Å². The standard InChI is InChI=1S/C15H21N3O4/c1-15(2,3)22-14(21)17-9-12(19)18(4)11-7-5-6-10(8-11)13(16)20/h5-8H,9H2,1-4H3,(H2,16,20)(H,17,21). The first kappa shape index (κ1) is 17.5. The average molecular weight is 307 g/mol. The molecule has 0 saturated heterocycles. The minimum atomic E-state index is -0.667. The van der Waals surface area contributed by atoms with Crippen molar-refractivity contribution in [3.63, 3.8) is 0 Å². The predicted molar refractivity (Wildman–Crippen MR) is 82.6 cm³/mol. The Hall–Kier alpha value is -2.57. The van der Waals surface area contributed by atoms with Crippen LogP contribution in [0, 0.1) is 0 Å². The van der Waals surface area contributed by atoms with E-state index in [0.29, 0.717) is 11.3 Å². The first-order chi connectivity index (χ1) is 10.1. The van der Waals surface area contributed by atoms with E-state index >= 15 is 0 Å². The molecule has 0 aliphatic heterocycles. The summed E-state index contributed by atoms with van der Waals surface area (Å²) < 4.78 is 5.04. The number of nitrogens with two attached hydrogens (primary N) is 1. The lowest BCUT2D eigenvalue weighted by Crippen LogP contribution is -2.40. The van der Waals surface area contributed by atoms with Gasteiger partial charge in [0.05, 0.1) is 0 Å². The lowest BCUT2D eigenvalue weighted by Gasteiger charge is -2.21. The molecule has 0 aromatic heterocycles. The van der Waals surface area contributed by atoms with Gasteiger partial charge < -0.3 is 20.7 Å². The average Bonchev–Trinajstić information content (AvgIpc) is 2.42. The van der Waals surface area contributed by atoms with Crippen molar-refractivity contribution in [2.75, 3.05) is 18.5 Å². The number of anilines is 1. The molecule has 1 aromatic rings. The van der Waals surface area contributed by atoms with Crippen LogP contribution < -0.4 is 16.0 Å². The van der Waals surface area contributed by atoms with Gasteiger partial charge in [-0.05, 0) is 39.0 Å². The summed E-state index contributed by atoms with van der Waals surface area (Å²) >= 11 is 0. The van der Waals surface area contributed by atoms with E-state index < -0.39 is 17.6 Å². The first-order valence-electron chi connectivity index (χ1n) is 6.73. The zero-order chi connectivity index (χ0) is 16.9. The minimum Gasteiger partial charge on any atom is -0.444 e. The van der Waals surface area contributed by atoms with E-state index in [0.717, 1.165) is 0 Å². The van der Waals surface area contributed by atoms with E-state index in [1.54, 1.807) is 46.0 Å². The number of carbonyl (C=O) groups is 3. The summed E-state index contributed by atoms with van der Waals surface area (Å²) in [4.78, 5) is 36.0. The van der Waals surface area contributed by atoms with E-state index in [2.05, 4.69) is 5.32 Å². The number of rotatable bonds is 4. The largest absolute Gasteiger partial charge is 0.444 e. The summed E-state index contributed by atoms with van der Waals surface area (Å²) in [7, 11) is 1.54. The van der Waals surface area contributed by atoms with E-state index in [4.69, 9.17) is 10.5 Å². The molecule has 0 heterocycles. The first-order valence-corrected chi connectivity index (χ1v) is 6.73. The second-order valence-corrected chi connectivity index (χ2v) is 5.72. The molecule has 1 aromatic carbocycles. The Kier molecular flexibility index (Phi) is 5.50. The Morgan fingerprint density at radius 1 is 1.27 bits per heavy atom. The van der Waals surface area contributed by atoms with Crippen LogP contribution in [0.5, 0.6) is 0 Å². The summed E-state index contributed by atoms with van der Waals surface area (Å²) in [6, 6.07) is 6.36. The highest BCUT2D eigenvalue weighted by molar-refractivity contribution is 5.98. The third-order valence-electron chi connectivity index (χ3n) is 2.67. The van der Waals surface area contributed by atoms with Crippen LogP contribution in [-0.4, -0.2) is 37.1 Å². The van der Waals surface area contributed by atoms with Gasteiger partial charge in [-0.2, -0.15) is 0 Å². The van der Waals surface area contributed by atoms with Crippen molar-refractivity contribution in [3.8, 4) is 0 Å². The summed E-state index contributed by atoms with van der Waals surface area (Å²) in [5, 5.41) is 2.38. The van der Waals surface area contributed by atoms with Gasteiger partial charge in [0, 0.05) is 18.3 Å². The fourth-order valence-electron chi connectivity index (χ4n) is 1.59. The number of amides is 3. The monoisotopic (exact) mass is 307 g/mol. The van der Waals surface area contributed by atoms with Gasteiger partial charge >= 0.3 is 6.09 Å². The van der Waals surface area contributed by atoms with E-state index in [1.165, 1.54) is 11.0 Å². The molecule has 3 amide bonds. The van der Waals surface area contributed by atoms with Gasteiger partial charge in [-0.15, -0.1) is 0 Å². The second-order valence-electron chi connectivity index (χ2n) is 5.72. The maximum absolute atomic E-state index is 12.0. The van der Waals surface area contributed by atoms with Gasteiger partial charge in [-0.1, -0.05) is 6.07 Å². The smallest absolute Gasteiger partial charge is 0.408 e. The topological polar surface area (TPSA) is 102 Å². The molecule has 22 heavy (non-hydrogen) atoms. The molecule has 1 rings (SSSR count). The highest BCUT2D eigenvalue weighted by Crippen LogP contribution is 2.14. The van der Waals surface area contributed by atoms with Crippen molar-refractivity contribution in [1.82, 2.24) is 5.32 Å². The Morgan fingerprint density at radius 2 is 1.91 bits per heavy atom. The maximum Gasteiger partial charge on any atom is 0.408 e. The van der Waals surface area contributed by atoms with Crippen molar-refractivity contribution in [2.24, 2.45) is 5.73 Å². The minimum absolute atomic E-state index is 0.216. The molecule has 0 radical (unpaired) electrons. The zero-order valence-corrected chi connectivity index (χ0v) is 13.2. The summed E-state index contributed by atoms with van der Waals surface area (Å²) in [6.07, 6.45) is -0.667. The van der Waals surface area contributed by atoms with Crippen LogP contribution in [0.1, 0.15) is 31.1 Å².